The van der Waals surface area contributed by atoms with Crippen molar-refractivity contribution in [1.29, 1.82) is 0 Å². The van der Waals surface area contributed by atoms with Crippen LogP contribution in [0.25, 0.3) is 0 Å². The summed E-state index contributed by atoms with van der Waals surface area (Å²) >= 11 is 0. The van der Waals surface area contributed by atoms with E-state index in [0.717, 1.165) is 38.6 Å². The minimum atomic E-state index is -0.455. The van der Waals surface area contributed by atoms with Crippen molar-refractivity contribution in [2.24, 2.45) is 11.8 Å². The summed E-state index contributed by atoms with van der Waals surface area (Å²) in [5.74, 6) is 0.103. The van der Waals surface area contributed by atoms with Gasteiger partial charge in [-0.15, -0.1) is 0 Å². The summed E-state index contributed by atoms with van der Waals surface area (Å²) in [4.78, 5) is 24.8. The molecule has 1 atom stereocenters. The molecule has 0 aromatic carbocycles. The SMILES string of the molecule is CC(C)[C@H](NC(=O)C1CCCCC1)C(=O)NCCCn1cccn1. The molecule has 1 aliphatic rings. The van der Waals surface area contributed by atoms with Gasteiger partial charge in [0.25, 0.3) is 0 Å². The summed E-state index contributed by atoms with van der Waals surface area (Å²) < 4.78 is 1.84. The van der Waals surface area contributed by atoms with Gasteiger partial charge in [0.1, 0.15) is 6.04 Å². The smallest absolute Gasteiger partial charge is 0.242 e. The van der Waals surface area contributed by atoms with E-state index in [1.807, 2.05) is 30.8 Å². The lowest BCUT2D eigenvalue weighted by molar-refractivity contribution is -0.132. The van der Waals surface area contributed by atoms with Crippen LogP contribution in [-0.2, 0) is 16.1 Å². The fourth-order valence-electron chi connectivity index (χ4n) is 3.17. The van der Waals surface area contributed by atoms with Gasteiger partial charge in [-0.2, -0.15) is 5.10 Å². The van der Waals surface area contributed by atoms with Crippen LogP contribution < -0.4 is 10.6 Å². The molecule has 2 N–H and O–H groups in total. The molecule has 0 aliphatic heterocycles. The van der Waals surface area contributed by atoms with E-state index in [-0.39, 0.29) is 23.7 Å². The van der Waals surface area contributed by atoms with E-state index in [1.165, 1.54) is 6.42 Å². The number of rotatable bonds is 8. The van der Waals surface area contributed by atoms with E-state index in [0.29, 0.717) is 6.54 Å². The highest BCUT2D eigenvalue weighted by molar-refractivity contribution is 5.88. The van der Waals surface area contributed by atoms with Crippen LogP contribution >= 0.6 is 0 Å². The van der Waals surface area contributed by atoms with Gasteiger partial charge in [0.15, 0.2) is 0 Å². The fraction of sp³-hybridized carbons (Fsp3) is 0.722. The molecule has 1 heterocycles. The Morgan fingerprint density at radius 2 is 2.00 bits per heavy atom. The Balaban J connectivity index is 1.75. The first-order chi connectivity index (χ1) is 11.6. The second-order valence-corrected chi connectivity index (χ2v) is 6.98. The molecule has 0 saturated heterocycles. The number of nitrogens with zero attached hydrogens (tertiary/aromatic N) is 2. The first-order valence-electron chi connectivity index (χ1n) is 9.13. The summed E-state index contributed by atoms with van der Waals surface area (Å²) in [5.41, 5.74) is 0. The minimum absolute atomic E-state index is 0.0418. The van der Waals surface area contributed by atoms with Crippen molar-refractivity contribution in [1.82, 2.24) is 20.4 Å². The van der Waals surface area contributed by atoms with Gasteiger partial charge in [0, 0.05) is 31.4 Å². The largest absolute Gasteiger partial charge is 0.354 e. The number of carbonyl (C=O) groups is 2. The second kappa shape index (κ2) is 9.45. The zero-order valence-corrected chi connectivity index (χ0v) is 14.8. The van der Waals surface area contributed by atoms with E-state index < -0.39 is 6.04 Å². The van der Waals surface area contributed by atoms with Gasteiger partial charge < -0.3 is 10.6 Å². The van der Waals surface area contributed by atoms with E-state index >= 15 is 0 Å². The molecule has 1 aliphatic carbocycles. The highest BCUT2D eigenvalue weighted by Crippen LogP contribution is 2.24. The van der Waals surface area contributed by atoms with Crippen LogP contribution in [-0.4, -0.2) is 34.2 Å². The van der Waals surface area contributed by atoms with Gasteiger partial charge in [-0.05, 0) is 31.2 Å². The Kier molecular flexibility index (Phi) is 7.28. The molecule has 134 valence electrons. The molecule has 0 bridgehead atoms. The third-order valence-electron chi connectivity index (χ3n) is 4.65. The normalized spacial score (nSPS) is 16.8. The lowest BCUT2D eigenvalue weighted by Gasteiger charge is -2.26. The third-order valence-corrected chi connectivity index (χ3v) is 4.65. The molecule has 2 rings (SSSR count). The Morgan fingerprint density at radius 3 is 2.62 bits per heavy atom. The fourth-order valence-corrected chi connectivity index (χ4v) is 3.17. The molecule has 0 spiro atoms. The topological polar surface area (TPSA) is 76.0 Å². The number of nitrogens with one attached hydrogen (secondary N) is 2. The van der Waals surface area contributed by atoms with Crippen molar-refractivity contribution in [3.05, 3.63) is 18.5 Å². The molecular weight excluding hydrogens is 304 g/mol. The molecule has 1 aromatic heterocycles. The molecule has 6 nitrogen and oxygen atoms in total. The second-order valence-electron chi connectivity index (χ2n) is 6.98. The van der Waals surface area contributed by atoms with Gasteiger partial charge in [-0.3, -0.25) is 14.3 Å². The average molecular weight is 334 g/mol. The van der Waals surface area contributed by atoms with E-state index in [4.69, 9.17) is 0 Å². The molecule has 2 amide bonds. The van der Waals surface area contributed by atoms with Crippen molar-refractivity contribution in [3.63, 3.8) is 0 Å². The summed E-state index contributed by atoms with van der Waals surface area (Å²) in [5, 5.41) is 10.0. The zero-order chi connectivity index (χ0) is 17.4. The highest BCUT2D eigenvalue weighted by Gasteiger charge is 2.28. The molecule has 1 aromatic rings. The molecule has 0 radical (unpaired) electrons. The standard InChI is InChI=1S/C18H30N4O2/c1-14(2)16(21-17(23)15-8-4-3-5-9-15)18(24)19-10-6-12-22-13-7-11-20-22/h7,11,13-16H,3-6,8-10,12H2,1-2H3,(H,19,24)(H,21,23)/t16-/m0/s1. The monoisotopic (exact) mass is 334 g/mol. The number of hydrogen-bond donors (Lipinski definition) is 2. The van der Waals surface area contributed by atoms with Crippen molar-refractivity contribution in [2.75, 3.05) is 6.54 Å². The average Bonchev–Trinajstić information content (AvgIpc) is 3.10. The Labute approximate surface area is 144 Å². The Hall–Kier alpha value is -1.85. The summed E-state index contributed by atoms with van der Waals surface area (Å²) in [6, 6.07) is 1.43. The molecular formula is C18H30N4O2. The summed E-state index contributed by atoms with van der Waals surface area (Å²) in [6.07, 6.45) is 9.80. The maximum absolute atomic E-state index is 12.4. The van der Waals surface area contributed by atoms with Crippen molar-refractivity contribution >= 4 is 11.8 Å². The van der Waals surface area contributed by atoms with Gasteiger partial charge in [-0.1, -0.05) is 33.1 Å². The molecule has 1 saturated carbocycles. The first kappa shape index (κ1) is 18.5. The van der Waals surface area contributed by atoms with Crippen LogP contribution in [0.5, 0.6) is 0 Å². The number of hydrogen-bond acceptors (Lipinski definition) is 3. The van der Waals surface area contributed by atoms with E-state index in [9.17, 15) is 9.59 Å². The minimum Gasteiger partial charge on any atom is -0.354 e. The quantitative estimate of drug-likeness (QED) is 0.715. The molecule has 24 heavy (non-hydrogen) atoms. The van der Waals surface area contributed by atoms with Crippen molar-refractivity contribution in [2.45, 2.75) is 65.0 Å². The van der Waals surface area contributed by atoms with Gasteiger partial charge in [0.2, 0.25) is 11.8 Å². The van der Waals surface area contributed by atoms with Gasteiger partial charge in [0.05, 0.1) is 0 Å². The van der Waals surface area contributed by atoms with Crippen LogP contribution in [0.4, 0.5) is 0 Å². The summed E-state index contributed by atoms with van der Waals surface area (Å²) in [6.45, 7) is 5.29. The predicted octanol–water partition coefficient (Wildman–Crippen LogP) is 2.11. The first-order valence-corrected chi connectivity index (χ1v) is 9.13. The predicted molar refractivity (Wildman–Crippen MR) is 93.2 cm³/mol. The van der Waals surface area contributed by atoms with Gasteiger partial charge in [-0.25, -0.2) is 0 Å². The Morgan fingerprint density at radius 1 is 1.25 bits per heavy atom. The molecule has 0 unspecified atom stereocenters. The lowest BCUT2D eigenvalue weighted by Crippen LogP contribution is -2.51. The van der Waals surface area contributed by atoms with E-state index in [1.54, 1.807) is 6.20 Å². The van der Waals surface area contributed by atoms with Crippen LogP contribution in [0.1, 0.15) is 52.4 Å². The van der Waals surface area contributed by atoms with Crippen LogP contribution in [0.3, 0.4) is 0 Å². The van der Waals surface area contributed by atoms with E-state index in [2.05, 4.69) is 15.7 Å². The van der Waals surface area contributed by atoms with Crippen molar-refractivity contribution in [3.8, 4) is 0 Å². The maximum Gasteiger partial charge on any atom is 0.242 e. The zero-order valence-electron chi connectivity index (χ0n) is 14.8. The van der Waals surface area contributed by atoms with Crippen LogP contribution in [0.15, 0.2) is 18.5 Å². The van der Waals surface area contributed by atoms with Crippen LogP contribution in [0.2, 0.25) is 0 Å². The van der Waals surface area contributed by atoms with Crippen LogP contribution in [0, 0.1) is 11.8 Å². The van der Waals surface area contributed by atoms with Crippen molar-refractivity contribution < 1.29 is 9.59 Å². The number of carbonyl (C=O) groups excluding carboxylic acids is 2. The van der Waals surface area contributed by atoms with Gasteiger partial charge >= 0.3 is 0 Å². The highest BCUT2D eigenvalue weighted by atomic mass is 16.2. The number of amides is 2. The number of aromatic nitrogens is 2. The molecule has 1 fully saturated rings. The maximum atomic E-state index is 12.4. The molecule has 6 heteroatoms. The number of aryl methyl sites for hydroxylation is 1. The summed E-state index contributed by atoms with van der Waals surface area (Å²) in [7, 11) is 0. The third kappa shape index (κ3) is 5.65. The lowest BCUT2D eigenvalue weighted by atomic mass is 9.88. The Bertz CT molecular complexity index is 507.